The predicted octanol–water partition coefficient (Wildman–Crippen LogP) is 2.28. The van der Waals surface area contributed by atoms with Crippen LogP contribution < -0.4 is 0 Å². The summed E-state index contributed by atoms with van der Waals surface area (Å²) in [6.45, 7) is 3.63. The van der Waals surface area contributed by atoms with E-state index in [1.54, 1.807) is 6.92 Å². The summed E-state index contributed by atoms with van der Waals surface area (Å²) in [7, 11) is -0.385. The maximum atomic E-state index is 11.7. The van der Waals surface area contributed by atoms with Gasteiger partial charge >= 0.3 is 7.60 Å². The molecular weight excluding hydrogens is 205 g/mol. The first-order valence-corrected chi connectivity index (χ1v) is 5.87. The van der Waals surface area contributed by atoms with Gasteiger partial charge in [0.15, 0.2) is 0 Å². The van der Waals surface area contributed by atoms with Gasteiger partial charge in [0.1, 0.15) is 11.9 Å². The number of nitrogens with zero attached hydrogens (tertiary/aromatic N) is 1. The largest absolute Gasteiger partial charge is 0.445 e. The summed E-state index contributed by atoms with van der Waals surface area (Å²) in [6, 6.07) is 0. The molecule has 0 bridgehead atoms. The molecule has 0 atom stereocenters. The molecule has 0 radical (unpaired) electrons. The fourth-order valence-corrected chi connectivity index (χ4v) is 1.85. The van der Waals surface area contributed by atoms with E-state index in [0.717, 1.165) is 11.5 Å². The average Bonchev–Trinajstić information content (AvgIpc) is 2.45. The minimum absolute atomic E-state index is 0.0642. The summed E-state index contributed by atoms with van der Waals surface area (Å²) in [6.07, 6.45) is 0.0642. The minimum atomic E-state index is -3.07. The molecule has 0 aliphatic heterocycles. The molecule has 14 heavy (non-hydrogen) atoms. The lowest BCUT2D eigenvalue weighted by molar-refractivity contribution is 0.271. The topological polar surface area (TPSA) is 61.6 Å². The van der Waals surface area contributed by atoms with Gasteiger partial charge < -0.3 is 13.5 Å². The van der Waals surface area contributed by atoms with Gasteiger partial charge in [0.25, 0.3) is 0 Å². The van der Waals surface area contributed by atoms with E-state index in [-0.39, 0.29) is 6.16 Å². The van der Waals surface area contributed by atoms with Gasteiger partial charge in [-0.05, 0) is 13.8 Å². The molecule has 1 aromatic heterocycles. The Morgan fingerprint density at radius 1 is 1.36 bits per heavy atom. The third kappa shape index (κ3) is 2.44. The van der Waals surface area contributed by atoms with E-state index in [2.05, 4.69) is 4.98 Å². The smallest absolute Gasteiger partial charge is 0.339 e. The molecule has 0 aliphatic carbocycles. The summed E-state index contributed by atoms with van der Waals surface area (Å²) in [5, 5.41) is 0. The van der Waals surface area contributed by atoms with Gasteiger partial charge in [-0.15, -0.1) is 0 Å². The van der Waals surface area contributed by atoms with Gasteiger partial charge in [-0.3, -0.25) is 4.57 Å². The maximum Gasteiger partial charge on any atom is 0.339 e. The number of rotatable bonds is 4. The Hall–Kier alpha value is -0.640. The third-order valence-electron chi connectivity index (χ3n) is 1.96. The first kappa shape index (κ1) is 11.4. The van der Waals surface area contributed by atoms with Crippen LogP contribution in [0.5, 0.6) is 0 Å². The second kappa shape index (κ2) is 4.26. The van der Waals surface area contributed by atoms with E-state index in [1.165, 1.54) is 14.2 Å². The van der Waals surface area contributed by atoms with Crippen molar-refractivity contribution in [2.45, 2.75) is 20.0 Å². The molecular formula is C8H14NO4P. The van der Waals surface area contributed by atoms with Crippen LogP contribution in [0.4, 0.5) is 0 Å². The van der Waals surface area contributed by atoms with Gasteiger partial charge in [0.05, 0.1) is 5.69 Å². The van der Waals surface area contributed by atoms with Gasteiger partial charge in [-0.2, -0.15) is 0 Å². The van der Waals surface area contributed by atoms with Crippen molar-refractivity contribution in [1.82, 2.24) is 4.98 Å². The Bertz CT molecular complexity index is 333. The second-order valence-corrected chi connectivity index (χ2v) is 5.15. The number of aromatic nitrogens is 1. The van der Waals surface area contributed by atoms with Crippen LogP contribution in [-0.2, 0) is 19.8 Å². The van der Waals surface area contributed by atoms with Crippen LogP contribution in [0.3, 0.4) is 0 Å². The maximum absolute atomic E-state index is 11.7. The highest BCUT2D eigenvalue weighted by atomic mass is 31.2. The van der Waals surface area contributed by atoms with Crippen molar-refractivity contribution in [3.8, 4) is 0 Å². The summed E-state index contributed by atoms with van der Waals surface area (Å²) in [5.74, 6) is 1.10. The summed E-state index contributed by atoms with van der Waals surface area (Å²) in [5.41, 5.74) is 0.791. The summed E-state index contributed by atoms with van der Waals surface area (Å²) >= 11 is 0. The Morgan fingerprint density at radius 3 is 2.29 bits per heavy atom. The van der Waals surface area contributed by atoms with Gasteiger partial charge in [-0.25, -0.2) is 4.98 Å². The third-order valence-corrected chi connectivity index (χ3v) is 3.73. The van der Waals surface area contributed by atoms with Crippen LogP contribution in [0.2, 0.25) is 0 Å². The molecule has 1 heterocycles. The van der Waals surface area contributed by atoms with Crippen LogP contribution in [0.15, 0.2) is 4.42 Å². The Labute approximate surface area is 83.0 Å². The highest BCUT2D eigenvalue weighted by molar-refractivity contribution is 7.52. The van der Waals surface area contributed by atoms with Gasteiger partial charge in [0, 0.05) is 14.2 Å². The SMILES string of the molecule is COP(=O)(Cc1nc(C)c(C)o1)OC. The molecule has 1 rings (SSSR count). The summed E-state index contributed by atoms with van der Waals surface area (Å²) in [4.78, 5) is 4.09. The monoisotopic (exact) mass is 219 g/mol. The molecule has 0 saturated carbocycles. The quantitative estimate of drug-likeness (QED) is 0.727. The Balaban J connectivity index is 2.83. The van der Waals surface area contributed by atoms with Crippen LogP contribution in [0, 0.1) is 13.8 Å². The zero-order valence-electron chi connectivity index (χ0n) is 8.73. The highest BCUT2D eigenvalue weighted by Gasteiger charge is 2.25. The molecule has 0 amide bonds. The predicted molar refractivity (Wildman–Crippen MR) is 51.3 cm³/mol. The zero-order chi connectivity index (χ0) is 10.8. The minimum Gasteiger partial charge on any atom is -0.445 e. The van der Waals surface area contributed by atoms with Gasteiger partial charge in [0.2, 0.25) is 5.89 Å². The van der Waals surface area contributed by atoms with E-state index >= 15 is 0 Å². The Kier molecular flexibility index (Phi) is 3.48. The molecule has 80 valence electrons. The molecule has 0 unspecified atom stereocenters. The van der Waals surface area contributed by atoms with Crippen molar-refractivity contribution in [3.05, 3.63) is 17.3 Å². The van der Waals surface area contributed by atoms with Crippen LogP contribution >= 0.6 is 7.60 Å². The van der Waals surface area contributed by atoms with E-state index in [0.29, 0.717) is 5.89 Å². The molecule has 0 N–H and O–H groups in total. The number of hydrogen-bond acceptors (Lipinski definition) is 5. The van der Waals surface area contributed by atoms with Crippen LogP contribution in [-0.4, -0.2) is 19.2 Å². The van der Waals surface area contributed by atoms with Crippen molar-refractivity contribution >= 4 is 7.60 Å². The van der Waals surface area contributed by atoms with Crippen LogP contribution in [0.25, 0.3) is 0 Å². The van der Waals surface area contributed by atoms with E-state index in [1.807, 2.05) is 6.92 Å². The molecule has 0 fully saturated rings. The van der Waals surface area contributed by atoms with E-state index < -0.39 is 7.60 Å². The number of aryl methyl sites for hydroxylation is 2. The van der Waals surface area contributed by atoms with Crippen molar-refractivity contribution < 1.29 is 18.0 Å². The fourth-order valence-electron chi connectivity index (χ4n) is 0.976. The fraction of sp³-hybridized carbons (Fsp3) is 0.625. The van der Waals surface area contributed by atoms with Crippen molar-refractivity contribution in [2.75, 3.05) is 14.2 Å². The first-order valence-electron chi connectivity index (χ1n) is 4.14. The number of oxazole rings is 1. The Morgan fingerprint density at radius 2 is 1.93 bits per heavy atom. The number of hydrogen-bond donors (Lipinski definition) is 0. The lowest BCUT2D eigenvalue weighted by atomic mass is 10.4. The molecule has 0 aliphatic rings. The zero-order valence-corrected chi connectivity index (χ0v) is 9.63. The normalized spacial score (nSPS) is 12.0. The van der Waals surface area contributed by atoms with Crippen molar-refractivity contribution in [2.24, 2.45) is 0 Å². The second-order valence-electron chi connectivity index (χ2n) is 2.88. The lowest BCUT2D eigenvalue weighted by Gasteiger charge is -2.10. The highest BCUT2D eigenvalue weighted by Crippen LogP contribution is 2.49. The average molecular weight is 219 g/mol. The van der Waals surface area contributed by atoms with Crippen molar-refractivity contribution in [3.63, 3.8) is 0 Å². The van der Waals surface area contributed by atoms with E-state index in [4.69, 9.17) is 13.5 Å². The summed E-state index contributed by atoms with van der Waals surface area (Å²) < 4.78 is 26.5. The molecule has 0 aromatic carbocycles. The molecule has 0 spiro atoms. The lowest BCUT2D eigenvalue weighted by Crippen LogP contribution is -1.93. The van der Waals surface area contributed by atoms with E-state index in [9.17, 15) is 4.57 Å². The molecule has 6 heteroatoms. The van der Waals surface area contributed by atoms with Crippen molar-refractivity contribution in [1.29, 1.82) is 0 Å². The van der Waals surface area contributed by atoms with Crippen LogP contribution in [0.1, 0.15) is 17.3 Å². The molecule has 1 aromatic rings. The molecule has 5 nitrogen and oxygen atoms in total. The first-order chi connectivity index (χ1) is 6.50. The standard InChI is InChI=1S/C8H14NO4P/c1-6-7(2)13-8(9-6)5-14(10,11-3)12-4/h5H2,1-4H3. The molecule has 0 saturated heterocycles. The van der Waals surface area contributed by atoms with Gasteiger partial charge in [-0.1, -0.05) is 0 Å².